The summed E-state index contributed by atoms with van der Waals surface area (Å²) in [6, 6.07) is -0.736. The molecule has 31 heavy (non-hydrogen) atoms. The molecule has 0 amide bonds. The maximum absolute atomic E-state index is 11.2. The number of carboxylic acids is 1. The summed E-state index contributed by atoms with van der Waals surface area (Å²) in [5.74, 6) is -0.243. The summed E-state index contributed by atoms with van der Waals surface area (Å²) < 4.78 is 1.70. The van der Waals surface area contributed by atoms with E-state index in [4.69, 9.17) is 0 Å². The minimum absolute atomic E-state index is 0.639. The smallest absolute Gasteiger partial charge is 0.255 e. The molecule has 5 nitrogen and oxygen atoms in total. The van der Waals surface area contributed by atoms with Crippen molar-refractivity contribution in [1.29, 1.82) is 0 Å². The molecule has 1 rings (SSSR count). The van der Waals surface area contributed by atoms with Crippen molar-refractivity contribution in [2.24, 2.45) is 0 Å². The minimum Gasteiger partial charge on any atom is -0.546 e. The number of aryl methyl sites for hydroxylation is 1. The number of unbranched alkanes of at least 4 members (excludes halogenated alkanes) is 15. The fourth-order valence-electron chi connectivity index (χ4n) is 4.19. The number of aliphatic hydroxyl groups excluding tert-OH is 1. The van der Waals surface area contributed by atoms with Gasteiger partial charge in [0.25, 0.3) is 5.82 Å². The number of nitrogens with zero attached hydrogens (tertiary/aromatic N) is 1. The number of imidazole rings is 1. The molecule has 2 atom stereocenters. The maximum atomic E-state index is 11.2. The van der Waals surface area contributed by atoms with E-state index in [9.17, 15) is 15.0 Å². The van der Waals surface area contributed by atoms with Crippen molar-refractivity contribution in [3.63, 3.8) is 0 Å². The van der Waals surface area contributed by atoms with Crippen LogP contribution in [0.4, 0.5) is 0 Å². The zero-order valence-electron chi connectivity index (χ0n) is 20.5. The van der Waals surface area contributed by atoms with Gasteiger partial charge in [0.1, 0.15) is 18.3 Å². The van der Waals surface area contributed by atoms with Gasteiger partial charge in [-0.1, -0.05) is 103 Å². The number of aliphatic carboxylic acids is 1. The average Bonchev–Trinajstić information content (AvgIpc) is 3.17. The topological polar surface area (TPSA) is 80.0 Å². The Morgan fingerprint density at radius 1 is 0.871 bits per heavy atom. The molecule has 180 valence electrons. The molecule has 0 aromatic carbocycles. The number of rotatable bonds is 20. The molecule has 1 aromatic rings. The number of carboxylic acid groups (broad SMARTS) is 1. The van der Waals surface area contributed by atoms with Gasteiger partial charge in [0.15, 0.2) is 5.69 Å². The predicted molar refractivity (Wildman–Crippen MR) is 125 cm³/mol. The highest BCUT2D eigenvalue weighted by Gasteiger charge is 2.22. The van der Waals surface area contributed by atoms with Crippen LogP contribution >= 0.6 is 0 Å². The zero-order chi connectivity index (χ0) is 22.9. The lowest BCUT2D eigenvalue weighted by molar-refractivity contribution is -0.718. The van der Waals surface area contributed by atoms with Gasteiger partial charge in [-0.2, -0.15) is 0 Å². The molecule has 2 N–H and O–H groups in total. The van der Waals surface area contributed by atoms with Gasteiger partial charge in [0.05, 0.1) is 5.97 Å². The molecule has 0 saturated carbocycles. The number of nitrogens with one attached hydrogen (secondary N) is 1. The Labute approximate surface area is 190 Å². The van der Waals surface area contributed by atoms with Crippen LogP contribution in [0, 0.1) is 0 Å². The Balaban J connectivity index is 2.05. The van der Waals surface area contributed by atoms with Crippen molar-refractivity contribution in [1.82, 2.24) is 4.98 Å². The van der Waals surface area contributed by atoms with Gasteiger partial charge in [0.2, 0.25) is 0 Å². The molecule has 0 aliphatic carbocycles. The highest BCUT2D eigenvalue weighted by Crippen LogP contribution is 2.15. The van der Waals surface area contributed by atoms with Gasteiger partial charge in [-0.3, -0.25) is 0 Å². The predicted octanol–water partition coefficient (Wildman–Crippen LogP) is 5.47. The maximum Gasteiger partial charge on any atom is 0.255 e. The summed E-state index contributed by atoms with van der Waals surface area (Å²) in [6.07, 6.45) is 23.3. The van der Waals surface area contributed by atoms with Gasteiger partial charge in [-0.05, 0) is 20.3 Å². The molecule has 0 saturated heterocycles. The van der Waals surface area contributed by atoms with E-state index in [-0.39, 0.29) is 0 Å². The number of hydrogen-bond acceptors (Lipinski definition) is 3. The summed E-state index contributed by atoms with van der Waals surface area (Å²) >= 11 is 0. The van der Waals surface area contributed by atoms with Crippen LogP contribution < -0.4 is 9.67 Å². The van der Waals surface area contributed by atoms with E-state index in [0.29, 0.717) is 5.69 Å². The molecule has 1 aromatic heterocycles. The Hall–Kier alpha value is -1.36. The second-order valence-corrected chi connectivity index (χ2v) is 9.29. The number of aromatic amines is 1. The van der Waals surface area contributed by atoms with E-state index in [1.807, 2.05) is 0 Å². The lowest BCUT2D eigenvalue weighted by atomic mass is 10.0. The molecule has 5 heteroatoms. The van der Waals surface area contributed by atoms with E-state index in [0.717, 1.165) is 25.1 Å². The summed E-state index contributed by atoms with van der Waals surface area (Å²) in [4.78, 5) is 14.4. The number of hydrogen-bond donors (Lipinski definition) is 2. The Bertz CT molecular complexity index is 583. The standard InChI is InChI=1S/C26H48N2O3/c1-4-5-6-7-8-9-10-11-12-13-14-15-16-17-18-19-20-25-27-24(23(3)29)21-28(25)22(2)26(30)31/h21-23,29H,4-20H2,1-3H3,(H,30,31). The van der Waals surface area contributed by atoms with Crippen molar-refractivity contribution >= 4 is 5.97 Å². The zero-order valence-corrected chi connectivity index (χ0v) is 20.5. The van der Waals surface area contributed by atoms with E-state index < -0.39 is 18.1 Å². The van der Waals surface area contributed by atoms with Crippen LogP contribution in [0.2, 0.25) is 0 Å². The fourth-order valence-corrected chi connectivity index (χ4v) is 4.19. The van der Waals surface area contributed by atoms with E-state index in [1.54, 1.807) is 24.6 Å². The third kappa shape index (κ3) is 12.3. The third-order valence-corrected chi connectivity index (χ3v) is 6.35. The van der Waals surface area contributed by atoms with Gasteiger partial charge in [-0.15, -0.1) is 0 Å². The van der Waals surface area contributed by atoms with E-state index in [1.165, 1.54) is 89.9 Å². The van der Waals surface area contributed by atoms with Crippen LogP contribution in [0.15, 0.2) is 6.20 Å². The van der Waals surface area contributed by atoms with Gasteiger partial charge >= 0.3 is 0 Å². The highest BCUT2D eigenvalue weighted by molar-refractivity contribution is 5.66. The summed E-state index contributed by atoms with van der Waals surface area (Å²) in [5, 5.41) is 21.0. The van der Waals surface area contributed by atoms with Crippen LogP contribution in [0.1, 0.15) is 147 Å². The van der Waals surface area contributed by atoms with Crippen LogP contribution in [0.25, 0.3) is 0 Å². The number of carbonyl (C=O) groups excluding carboxylic acids is 1. The Kier molecular flexibility index (Phi) is 15.4. The monoisotopic (exact) mass is 436 g/mol. The third-order valence-electron chi connectivity index (χ3n) is 6.35. The van der Waals surface area contributed by atoms with Crippen molar-refractivity contribution in [2.75, 3.05) is 0 Å². The fraction of sp³-hybridized carbons (Fsp3) is 0.846. The largest absolute Gasteiger partial charge is 0.546 e. The first-order valence-electron chi connectivity index (χ1n) is 13.0. The van der Waals surface area contributed by atoms with E-state index >= 15 is 0 Å². The minimum atomic E-state index is -1.10. The molecule has 2 unspecified atom stereocenters. The average molecular weight is 437 g/mol. The molecule has 0 fully saturated rings. The van der Waals surface area contributed by atoms with E-state index in [2.05, 4.69) is 11.9 Å². The van der Waals surface area contributed by atoms with Crippen LogP contribution in [0.3, 0.4) is 0 Å². The molecule has 0 aliphatic heterocycles. The first-order chi connectivity index (χ1) is 15.0. The molecule has 0 radical (unpaired) electrons. The Morgan fingerprint density at radius 2 is 1.29 bits per heavy atom. The summed E-state index contributed by atoms with van der Waals surface area (Å²) in [7, 11) is 0. The van der Waals surface area contributed by atoms with Gasteiger partial charge < -0.3 is 15.0 Å². The van der Waals surface area contributed by atoms with Gasteiger partial charge in [0, 0.05) is 6.42 Å². The number of H-pyrrole nitrogens is 1. The molecule has 0 bridgehead atoms. The number of carbonyl (C=O) groups is 1. The molecular weight excluding hydrogens is 388 g/mol. The molecule has 0 spiro atoms. The number of aromatic nitrogens is 2. The first kappa shape index (κ1) is 27.7. The van der Waals surface area contributed by atoms with Crippen LogP contribution in [0.5, 0.6) is 0 Å². The van der Waals surface area contributed by atoms with Crippen molar-refractivity contribution in [3.8, 4) is 0 Å². The SMILES string of the molecule is CCCCCCCCCCCCCCCCCCc1[nH]c(C(C)O)c[n+]1C(C)C(=O)[O-]. The van der Waals surface area contributed by atoms with Crippen LogP contribution in [-0.4, -0.2) is 16.1 Å². The second kappa shape index (κ2) is 17.2. The van der Waals surface area contributed by atoms with Crippen molar-refractivity contribution in [2.45, 2.75) is 142 Å². The lowest BCUT2D eigenvalue weighted by Gasteiger charge is -2.10. The lowest BCUT2D eigenvalue weighted by Crippen LogP contribution is -2.49. The Morgan fingerprint density at radius 3 is 1.68 bits per heavy atom. The second-order valence-electron chi connectivity index (χ2n) is 9.29. The molecule has 1 heterocycles. The number of aliphatic hydroxyl groups is 1. The van der Waals surface area contributed by atoms with Crippen molar-refractivity contribution in [3.05, 3.63) is 17.7 Å². The molecule has 0 aliphatic rings. The van der Waals surface area contributed by atoms with Crippen LogP contribution in [-0.2, 0) is 11.2 Å². The summed E-state index contributed by atoms with van der Waals surface area (Å²) in [5.41, 5.74) is 0.652. The quantitative estimate of drug-likeness (QED) is 0.210. The first-order valence-corrected chi connectivity index (χ1v) is 13.0. The molecular formula is C26H48N2O3. The normalized spacial score (nSPS) is 13.4. The van der Waals surface area contributed by atoms with Gasteiger partial charge in [-0.25, -0.2) is 9.55 Å². The highest BCUT2D eigenvalue weighted by atomic mass is 16.4. The summed E-state index contributed by atoms with van der Waals surface area (Å²) in [6.45, 7) is 5.57. The van der Waals surface area contributed by atoms with Crippen molar-refractivity contribution < 1.29 is 19.6 Å².